The number of halogens is 2. The van der Waals surface area contributed by atoms with E-state index in [1.807, 2.05) is 24.8 Å². The minimum Gasteiger partial charge on any atom is -0.309 e. The Morgan fingerprint density at radius 1 is 1.35 bits per heavy atom. The first-order chi connectivity index (χ1) is 9.56. The lowest BCUT2D eigenvalue weighted by atomic mass is 9.88. The van der Waals surface area contributed by atoms with E-state index in [9.17, 15) is 4.39 Å². The highest BCUT2D eigenvalue weighted by molar-refractivity contribution is 9.10. The lowest BCUT2D eigenvalue weighted by molar-refractivity contribution is 0.365. The molecule has 2 rings (SSSR count). The van der Waals surface area contributed by atoms with Gasteiger partial charge in [0.1, 0.15) is 5.82 Å². The van der Waals surface area contributed by atoms with Gasteiger partial charge in [0.05, 0.1) is 0 Å². The molecule has 112 valence electrons. The molecule has 0 aliphatic heterocycles. The third kappa shape index (κ3) is 3.99. The summed E-state index contributed by atoms with van der Waals surface area (Å²) in [6.45, 7) is 3.00. The number of hydrogen-bond donors (Lipinski definition) is 1. The van der Waals surface area contributed by atoms with Crippen LogP contribution in [0, 0.1) is 5.82 Å². The lowest BCUT2D eigenvalue weighted by Crippen LogP contribution is -2.40. The molecule has 1 aliphatic rings. The van der Waals surface area contributed by atoms with E-state index >= 15 is 0 Å². The first-order valence-electron chi connectivity index (χ1n) is 7.30. The van der Waals surface area contributed by atoms with E-state index in [0.29, 0.717) is 4.75 Å². The van der Waals surface area contributed by atoms with Crippen LogP contribution >= 0.6 is 27.7 Å². The summed E-state index contributed by atoms with van der Waals surface area (Å²) in [4.78, 5) is 0. The number of benzene rings is 1. The van der Waals surface area contributed by atoms with Crippen LogP contribution in [0.25, 0.3) is 0 Å². The Hall–Kier alpha value is -0.0600. The van der Waals surface area contributed by atoms with Crippen LogP contribution in [0.5, 0.6) is 0 Å². The first kappa shape index (κ1) is 16.3. The van der Waals surface area contributed by atoms with Crippen molar-refractivity contribution < 1.29 is 4.39 Å². The van der Waals surface area contributed by atoms with Crippen molar-refractivity contribution in [3.8, 4) is 0 Å². The average molecular weight is 360 g/mol. The van der Waals surface area contributed by atoms with Gasteiger partial charge in [-0.25, -0.2) is 4.39 Å². The molecule has 1 aromatic rings. The fraction of sp³-hybridized carbons (Fsp3) is 0.625. The molecule has 0 aromatic heterocycles. The standard InChI is InChI=1S/C16H23BrFNS/c1-12(14-10-13(17)6-7-15(14)18)19-11-16(20-2)8-4-3-5-9-16/h6-7,10,12,19H,3-5,8-9,11H2,1-2H3. The highest BCUT2D eigenvalue weighted by Crippen LogP contribution is 2.38. The number of rotatable bonds is 5. The Bertz CT molecular complexity index is 446. The Morgan fingerprint density at radius 2 is 2.05 bits per heavy atom. The Kier molecular flexibility index (Phi) is 5.94. The highest BCUT2D eigenvalue weighted by atomic mass is 79.9. The fourth-order valence-electron chi connectivity index (χ4n) is 2.94. The zero-order valence-corrected chi connectivity index (χ0v) is 14.6. The molecule has 1 N–H and O–H groups in total. The van der Waals surface area contributed by atoms with Crippen molar-refractivity contribution >= 4 is 27.7 Å². The summed E-state index contributed by atoms with van der Waals surface area (Å²) < 4.78 is 15.2. The summed E-state index contributed by atoms with van der Waals surface area (Å²) in [5.74, 6) is -0.130. The zero-order valence-electron chi connectivity index (χ0n) is 12.2. The van der Waals surface area contributed by atoms with Crippen LogP contribution in [0.4, 0.5) is 4.39 Å². The second kappa shape index (κ2) is 7.28. The molecule has 1 nitrogen and oxygen atoms in total. The number of nitrogens with one attached hydrogen (secondary N) is 1. The maximum atomic E-state index is 13.9. The van der Waals surface area contributed by atoms with Gasteiger partial charge in [-0.15, -0.1) is 0 Å². The van der Waals surface area contributed by atoms with Crippen molar-refractivity contribution in [3.05, 3.63) is 34.1 Å². The minimum absolute atomic E-state index is 0.0402. The molecule has 4 heteroatoms. The largest absolute Gasteiger partial charge is 0.309 e. The lowest BCUT2D eigenvalue weighted by Gasteiger charge is -2.37. The Balaban J connectivity index is 2.00. The predicted molar refractivity (Wildman–Crippen MR) is 89.8 cm³/mol. The van der Waals surface area contributed by atoms with E-state index in [4.69, 9.17) is 0 Å². The molecule has 0 heterocycles. The van der Waals surface area contributed by atoms with E-state index < -0.39 is 0 Å². The van der Waals surface area contributed by atoms with Gasteiger partial charge < -0.3 is 5.32 Å². The number of thioether (sulfide) groups is 1. The number of hydrogen-bond acceptors (Lipinski definition) is 2. The summed E-state index contributed by atoms with van der Waals surface area (Å²) >= 11 is 5.39. The average Bonchev–Trinajstić information content (AvgIpc) is 2.48. The molecule has 20 heavy (non-hydrogen) atoms. The van der Waals surface area contributed by atoms with Gasteiger partial charge >= 0.3 is 0 Å². The van der Waals surface area contributed by atoms with Gasteiger partial charge in [-0.1, -0.05) is 35.2 Å². The van der Waals surface area contributed by atoms with Crippen molar-refractivity contribution in [2.75, 3.05) is 12.8 Å². The minimum atomic E-state index is -0.130. The Labute approximate surface area is 134 Å². The highest BCUT2D eigenvalue weighted by Gasteiger charge is 2.31. The topological polar surface area (TPSA) is 12.0 Å². The third-order valence-electron chi connectivity index (χ3n) is 4.35. The van der Waals surface area contributed by atoms with Crippen molar-refractivity contribution in [1.82, 2.24) is 5.32 Å². The van der Waals surface area contributed by atoms with Gasteiger partial charge in [0.2, 0.25) is 0 Å². The summed E-state index contributed by atoms with van der Waals surface area (Å²) in [6, 6.07) is 5.19. The van der Waals surface area contributed by atoms with Crippen LogP contribution in [-0.4, -0.2) is 17.5 Å². The van der Waals surface area contributed by atoms with Gasteiger partial charge in [0.25, 0.3) is 0 Å². The van der Waals surface area contributed by atoms with Crippen LogP contribution in [-0.2, 0) is 0 Å². The second-order valence-electron chi connectivity index (χ2n) is 5.72. The quantitative estimate of drug-likeness (QED) is 0.764. The molecule has 1 aliphatic carbocycles. The summed E-state index contributed by atoms with van der Waals surface area (Å²) in [5.41, 5.74) is 0.742. The summed E-state index contributed by atoms with van der Waals surface area (Å²) in [5, 5.41) is 3.55. The predicted octanol–water partition coefficient (Wildman–Crippen LogP) is 5.30. The van der Waals surface area contributed by atoms with Crippen LogP contribution in [0.2, 0.25) is 0 Å². The molecule has 1 atom stereocenters. The van der Waals surface area contributed by atoms with Crippen molar-refractivity contribution in [3.63, 3.8) is 0 Å². The molecule has 0 bridgehead atoms. The molecule has 1 fully saturated rings. The monoisotopic (exact) mass is 359 g/mol. The van der Waals surface area contributed by atoms with Gasteiger partial charge in [-0.3, -0.25) is 0 Å². The van der Waals surface area contributed by atoms with E-state index in [1.54, 1.807) is 6.07 Å². The van der Waals surface area contributed by atoms with Gasteiger partial charge in [-0.05, 0) is 44.2 Å². The molecule has 1 saturated carbocycles. The molecule has 1 unspecified atom stereocenters. The van der Waals surface area contributed by atoms with Crippen molar-refractivity contribution in [2.45, 2.75) is 49.8 Å². The second-order valence-corrected chi connectivity index (χ2v) is 7.91. The normalized spacial score (nSPS) is 19.8. The van der Waals surface area contributed by atoms with Crippen molar-refractivity contribution in [2.24, 2.45) is 0 Å². The van der Waals surface area contributed by atoms with Gasteiger partial charge in [0.15, 0.2) is 0 Å². The van der Waals surface area contributed by atoms with Crippen LogP contribution in [0.15, 0.2) is 22.7 Å². The fourth-order valence-corrected chi connectivity index (χ4v) is 4.25. The summed E-state index contributed by atoms with van der Waals surface area (Å²) in [7, 11) is 0. The zero-order chi connectivity index (χ0) is 14.6. The Morgan fingerprint density at radius 3 is 2.70 bits per heavy atom. The molecular formula is C16H23BrFNS. The molecule has 0 saturated heterocycles. The molecular weight excluding hydrogens is 337 g/mol. The molecule has 0 spiro atoms. The van der Waals surface area contributed by atoms with Gasteiger partial charge in [-0.2, -0.15) is 11.8 Å². The maximum Gasteiger partial charge on any atom is 0.128 e. The van der Waals surface area contributed by atoms with Gasteiger partial charge in [0, 0.05) is 27.4 Å². The van der Waals surface area contributed by atoms with Crippen LogP contribution in [0.3, 0.4) is 0 Å². The third-order valence-corrected chi connectivity index (χ3v) is 6.26. The van der Waals surface area contributed by atoms with E-state index in [1.165, 1.54) is 38.2 Å². The maximum absolute atomic E-state index is 13.9. The van der Waals surface area contributed by atoms with Crippen LogP contribution in [0.1, 0.15) is 50.6 Å². The van der Waals surface area contributed by atoms with E-state index in [-0.39, 0.29) is 11.9 Å². The smallest absolute Gasteiger partial charge is 0.128 e. The molecule has 0 amide bonds. The first-order valence-corrected chi connectivity index (χ1v) is 9.32. The van der Waals surface area contributed by atoms with E-state index in [2.05, 4.69) is 27.5 Å². The van der Waals surface area contributed by atoms with Crippen molar-refractivity contribution in [1.29, 1.82) is 0 Å². The molecule has 1 aromatic carbocycles. The summed E-state index contributed by atoms with van der Waals surface area (Å²) in [6.07, 6.45) is 8.75. The SMILES string of the molecule is CSC1(CNC(C)c2cc(Br)ccc2F)CCCCC1. The molecule has 0 radical (unpaired) electrons. The van der Waals surface area contributed by atoms with Crippen LogP contribution < -0.4 is 5.32 Å². The van der Waals surface area contributed by atoms with E-state index in [0.717, 1.165) is 16.6 Å².